The third-order valence-electron chi connectivity index (χ3n) is 5.58. The maximum atomic E-state index is 15.0. The Hall–Kier alpha value is -3.39. The van der Waals surface area contributed by atoms with Crippen LogP contribution in [0.5, 0.6) is 11.5 Å². The number of halogens is 4. The van der Waals surface area contributed by atoms with Gasteiger partial charge in [0.2, 0.25) is 0 Å². The Labute approximate surface area is 193 Å². The monoisotopic (exact) mass is 476 g/mol. The number of amides is 2. The number of carbonyl (C=O) groups excluding carboxylic acids is 1. The molecule has 0 fully saturated rings. The first kappa shape index (κ1) is 22.8. The molecule has 0 aromatic heterocycles. The van der Waals surface area contributed by atoms with E-state index in [1.54, 1.807) is 18.2 Å². The average molecular weight is 477 g/mol. The molecule has 0 unspecified atom stereocenters. The molecule has 0 spiro atoms. The van der Waals surface area contributed by atoms with E-state index < -0.39 is 29.5 Å². The Balaban J connectivity index is 1.81. The Morgan fingerprint density at radius 1 is 1.00 bits per heavy atom. The highest BCUT2D eigenvalue weighted by Crippen LogP contribution is 2.43. The number of urea groups is 1. The van der Waals surface area contributed by atoms with Crippen LogP contribution in [-0.4, -0.2) is 31.7 Å². The second-order valence-corrected chi connectivity index (χ2v) is 7.85. The van der Waals surface area contributed by atoms with Crippen molar-refractivity contribution < 1.29 is 27.4 Å². The van der Waals surface area contributed by atoms with Crippen LogP contribution in [0.25, 0.3) is 0 Å². The van der Waals surface area contributed by atoms with Crippen molar-refractivity contribution in [2.24, 2.45) is 0 Å². The highest BCUT2D eigenvalue weighted by Gasteiger charge is 2.36. The number of carbonyl (C=O) groups is 1. The van der Waals surface area contributed by atoms with E-state index in [1.165, 1.54) is 37.3 Å². The molecule has 0 radical (unpaired) electrons. The average Bonchev–Trinajstić information content (AvgIpc) is 2.80. The molecular formula is C24H20ClF3N2O3. The lowest BCUT2D eigenvalue weighted by atomic mass is 9.87. The predicted octanol–water partition coefficient (Wildman–Crippen LogP) is 5.95. The maximum Gasteiger partial charge on any atom is 0.322 e. The summed E-state index contributed by atoms with van der Waals surface area (Å²) in [4.78, 5) is 14.6. The quantitative estimate of drug-likeness (QED) is 0.506. The Morgan fingerprint density at radius 3 is 2.39 bits per heavy atom. The van der Waals surface area contributed by atoms with Gasteiger partial charge in [0.1, 0.15) is 5.82 Å². The van der Waals surface area contributed by atoms with Crippen molar-refractivity contribution >= 4 is 23.3 Å². The first-order valence-electron chi connectivity index (χ1n) is 10.1. The summed E-state index contributed by atoms with van der Waals surface area (Å²) < 4.78 is 52.7. The van der Waals surface area contributed by atoms with Crippen molar-refractivity contribution in [3.05, 3.63) is 87.7 Å². The number of hydrogen-bond acceptors (Lipinski definition) is 3. The number of benzene rings is 3. The lowest BCUT2D eigenvalue weighted by Gasteiger charge is -2.38. The number of nitrogens with zero attached hydrogens (tertiary/aromatic N) is 1. The summed E-state index contributed by atoms with van der Waals surface area (Å²) in [5, 5.41) is 2.71. The summed E-state index contributed by atoms with van der Waals surface area (Å²) >= 11 is 6.38. The summed E-state index contributed by atoms with van der Waals surface area (Å²) in [7, 11) is 2.99. The Kier molecular flexibility index (Phi) is 6.37. The molecule has 5 nitrogen and oxygen atoms in total. The van der Waals surface area contributed by atoms with Gasteiger partial charge in [-0.3, -0.25) is 0 Å². The van der Waals surface area contributed by atoms with Gasteiger partial charge in [-0.2, -0.15) is 0 Å². The molecule has 1 heterocycles. The van der Waals surface area contributed by atoms with E-state index in [-0.39, 0.29) is 22.8 Å². The van der Waals surface area contributed by atoms with Crippen molar-refractivity contribution in [2.75, 3.05) is 26.1 Å². The minimum absolute atomic E-state index is 0.0652. The normalized spacial score (nSPS) is 15.1. The number of ether oxygens (including phenoxy) is 2. The molecule has 33 heavy (non-hydrogen) atoms. The zero-order chi connectivity index (χ0) is 23.7. The molecule has 172 valence electrons. The third-order valence-corrected chi connectivity index (χ3v) is 5.91. The largest absolute Gasteiger partial charge is 0.493 e. The summed E-state index contributed by atoms with van der Waals surface area (Å²) in [5.41, 5.74) is 1.64. The van der Waals surface area contributed by atoms with E-state index >= 15 is 4.39 Å². The summed E-state index contributed by atoms with van der Waals surface area (Å²) in [6.07, 6.45) is 0.448. The molecule has 1 aliphatic heterocycles. The van der Waals surface area contributed by atoms with Crippen LogP contribution in [0, 0.1) is 17.5 Å². The van der Waals surface area contributed by atoms with Gasteiger partial charge in [0, 0.05) is 28.9 Å². The first-order valence-corrected chi connectivity index (χ1v) is 10.4. The number of methoxy groups -OCH3 is 2. The van der Waals surface area contributed by atoms with Gasteiger partial charge in [-0.15, -0.1) is 0 Å². The lowest BCUT2D eigenvalue weighted by Crippen LogP contribution is -2.43. The molecule has 9 heteroatoms. The molecule has 3 aromatic rings. The fraction of sp³-hybridized carbons (Fsp3) is 0.208. The summed E-state index contributed by atoms with van der Waals surface area (Å²) in [6, 6.07) is 9.29. The first-order chi connectivity index (χ1) is 15.8. The van der Waals surface area contributed by atoms with Crippen LogP contribution in [0.4, 0.5) is 23.7 Å². The van der Waals surface area contributed by atoms with Gasteiger partial charge in [-0.05, 0) is 53.9 Å². The Morgan fingerprint density at radius 2 is 1.73 bits per heavy atom. The molecular weight excluding hydrogens is 457 g/mol. The SMILES string of the molecule is COc1cc2c(cc1OC)[C@H](c1c(F)cccc1Cl)N(C(=O)Nc1ccc(F)c(F)c1)CC2. The highest BCUT2D eigenvalue weighted by molar-refractivity contribution is 6.31. The molecule has 3 aromatic carbocycles. The van der Waals surface area contributed by atoms with Crippen LogP contribution in [0.2, 0.25) is 5.02 Å². The van der Waals surface area contributed by atoms with Gasteiger partial charge in [0.15, 0.2) is 23.1 Å². The maximum absolute atomic E-state index is 15.0. The summed E-state index contributed by atoms with van der Waals surface area (Å²) in [5.74, 6) is -1.79. The van der Waals surface area contributed by atoms with Crippen LogP contribution in [0.1, 0.15) is 22.7 Å². The van der Waals surface area contributed by atoms with Crippen LogP contribution >= 0.6 is 11.6 Å². The molecule has 2 amide bonds. The fourth-order valence-electron chi connectivity index (χ4n) is 4.02. The molecule has 1 aliphatic rings. The molecule has 0 saturated carbocycles. The smallest absolute Gasteiger partial charge is 0.322 e. The number of hydrogen-bond donors (Lipinski definition) is 1. The van der Waals surface area contributed by atoms with E-state index in [9.17, 15) is 13.6 Å². The van der Waals surface area contributed by atoms with Gasteiger partial charge in [-0.25, -0.2) is 18.0 Å². The van der Waals surface area contributed by atoms with Gasteiger partial charge >= 0.3 is 6.03 Å². The van der Waals surface area contributed by atoms with Crippen molar-refractivity contribution in [3.63, 3.8) is 0 Å². The molecule has 0 aliphatic carbocycles. The van der Waals surface area contributed by atoms with E-state index in [1.807, 2.05) is 0 Å². The standard InChI is InChI=1S/C24H20ClF3N2O3/c1-32-20-10-13-8-9-30(24(31)29-14-6-7-17(26)19(28)11-14)23(15(13)12-21(20)33-2)22-16(25)4-3-5-18(22)27/h3-7,10-12,23H,8-9H2,1-2H3,(H,29,31)/t23-/m1/s1. The van der Waals surface area contributed by atoms with Crippen LogP contribution in [0.3, 0.4) is 0 Å². The number of fused-ring (bicyclic) bond motifs is 1. The van der Waals surface area contributed by atoms with Gasteiger partial charge < -0.3 is 19.7 Å². The predicted molar refractivity (Wildman–Crippen MR) is 119 cm³/mol. The number of rotatable bonds is 4. The van der Waals surface area contributed by atoms with E-state index in [0.717, 1.165) is 17.7 Å². The van der Waals surface area contributed by atoms with E-state index in [4.69, 9.17) is 21.1 Å². The van der Waals surface area contributed by atoms with E-state index in [2.05, 4.69) is 5.32 Å². The van der Waals surface area contributed by atoms with Crippen molar-refractivity contribution in [1.82, 2.24) is 4.90 Å². The zero-order valence-electron chi connectivity index (χ0n) is 17.8. The topological polar surface area (TPSA) is 50.8 Å². The van der Waals surface area contributed by atoms with Crippen LogP contribution in [0.15, 0.2) is 48.5 Å². The minimum atomic E-state index is -1.10. The zero-order valence-corrected chi connectivity index (χ0v) is 18.6. The fourth-order valence-corrected chi connectivity index (χ4v) is 4.28. The van der Waals surface area contributed by atoms with E-state index in [0.29, 0.717) is 23.5 Å². The van der Waals surface area contributed by atoms with Crippen molar-refractivity contribution in [1.29, 1.82) is 0 Å². The van der Waals surface area contributed by atoms with Gasteiger partial charge in [-0.1, -0.05) is 17.7 Å². The molecule has 1 N–H and O–H groups in total. The molecule has 1 atom stereocenters. The lowest BCUT2D eigenvalue weighted by molar-refractivity contribution is 0.192. The second kappa shape index (κ2) is 9.23. The van der Waals surface area contributed by atoms with Crippen LogP contribution < -0.4 is 14.8 Å². The number of nitrogens with one attached hydrogen (secondary N) is 1. The molecule has 4 rings (SSSR count). The van der Waals surface area contributed by atoms with Crippen molar-refractivity contribution in [3.8, 4) is 11.5 Å². The van der Waals surface area contributed by atoms with Crippen molar-refractivity contribution in [2.45, 2.75) is 12.5 Å². The Bertz CT molecular complexity index is 1200. The van der Waals surface area contributed by atoms with Gasteiger partial charge in [0.25, 0.3) is 0 Å². The number of anilines is 1. The second-order valence-electron chi connectivity index (χ2n) is 7.45. The highest BCUT2D eigenvalue weighted by atomic mass is 35.5. The molecule has 0 saturated heterocycles. The third kappa shape index (κ3) is 4.30. The van der Waals surface area contributed by atoms with Crippen LogP contribution in [-0.2, 0) is 6.42 Å². The summed E-state index contributed by atoms with van der Waals surface area (Å²) in [6.45, 7) is 0.216. The molecule has 0 bridgehead atoms. The minimum Gasteiger partial charge on any atom is -0.493 e. The van der Waals surface area contributed by atoms with Gasteiger partial charge in [0.05, 0.1) is 20.3 Å².